The highest BCUT2D eigenvalue weighted by atomic mass is 35.5. The first-order chi connectivity index (χ1) is 10.1. The van der Waals surface area contributed by atoms with Gasteiger partial charge in [0.1, 0.15) is 0 Å². The molecule has 1 amide bonds. The maximum Gasteiger partial charge on any atom is 0.253 e. The third-order valence-electron chi connectivity index (χ3n) is 3.65. The Labute approximate surface area is 149 Å². The van der Waals surface area contributed by atoms with Crippen LogP contribution in [0.15, 0.2) is 12.3 Å². The molecule has 2 rings (SSSR count). The molecule has 3 N–H and O–H groups in total. The Kier molecular flexibility index (Phi) is 9.12. The molecule has 0 aliphatic heterocycles. The predicted molar refractivity (Wildman–Crippen MR) is 97.6 cm³/mol. The topological polar surface area (TPSA) is 85.8 Å². The van der Waals surface area contributed by atoms with E-state index < -0.39 is 0 Å². The third-order valence-corrected chi connectivity index (χ3v) is 3.65. The lowest BCUT2D eigenvalue weighted by atomic mass is 10.1. The van der Waals surface area contributed by atoms with E-state index in [1.54, 1.807) is 10.9 Å². The molecule has 1 unspecified atom stereocenters. The minimum absolute atomic E-state index is 0. The summed E-state index contributed by atoms with van der Waals surface area (Å²) in [5.41, 5.74) is 7.92. The first kappa shape index (κ1) is 21.6. The van der Waals surface area contributed by atoms with Crippen molar-refractivity contribution < 1.29 is 4.79 Å². The summed E-state index contributed by atoms with van der Waals surface area (Å²) in [6.07, 6.45) is 4.64. The van der Waals surface area contributed by atoms with Gasteiger partial charge in [-0.15, -0.1) is 24.8 Å². The zero-order chi connectivity index (χ0) is 15.4. The number of aryl methyl sites for hydroxylation is 2. The monoisotopic (exact) mass is 361 g/mol. The normalized spacial score (nSPS) is 11.5. The molecule has 1 atom stereocenters. The van der Waals surface area contributed by atoms with E-state index in [0.717, 1.165) is 36.0 Å². The second-order valence-electron chi connectivity index (χ2n) is 5.35. The SMILES string of the molecule is CCCCC(CN)NC(=O)c1cnc2c(c1)c(C)nn2C.Cl.Cl. The fourth-order valence-electron chi connectivity index (χ4n) is 2.40. The van der Waals surface area contributed by atoms with Gasteiger partial charge in [0.05, 0.1) is 11.3 Å². The molecule has 0 saturated heterocycles. The van der Waals surface area contributed by atoms with Crippen LogP contribution < -0.4 is 11.1 Å². The van der Waals surface area contributed by atoms with Crippen LogP contribution in [-0.2, 0) is 7.05 Å². The van der Waals surface area contributed by atoms with Crippen LogP contribution >= 0.6 is 24.8 Å². The van der Waals surface area contributed by atoms with Gasteiger partial charge in [-0.3, -0.25) is 9.48 Å². The number of carbonyl (C=O) groups excluding carboxylic acids is 1. The number of nitrogens with zero attached hydrogens (tertiary/aromatic N) is 3. The van der Waals surface area contributed by atoms with Crippen LogP contribution in [0, 0.1) is 6.92 Å². The lowest BCUT2D eigenvalue weighted by Crippen LogP contribution is -2.40. The molecule has 6 nitrogen and oxygen atoms in total. The van der Waals surface area contributed by atoms with Crippen LogP contribution in [0.1, 0.15) is 42.2 Å². The van der Waals surface area contributed by atoms with Crippen molar-refractivity contribution in [3.8, 4) is 0 Å². The van der Waals surface area contributed by atoms with Crippen LogP contribution in [0.3, 0.4) is 0 Å². The number of nitrogens with two attached hydrogens (primary N) is 1. The van der Waals surface area contributed by atoms with Gasteiger partial charge in [-0.2, -0.15) is 5.10 Å². The molecule has 0 saturated carbocycles. The van der Waals surface area contributed by atoms with Gasteiger partial charge in [-0.25, -0.2) is 4.98 Å². The fourth-order valence-corrected chi connectivity index (χ4v) is 2.40. The van der Waals surface area contributed by atoms with Crippen LogP contribution in [0.4, 0.5) is 0 Å². The number of rotatable bonds is 6. The number of aromatic nitrogens is 3. The van der Waals surface area contributed by atoms with Crippen molar-refractivity contribution >= 4 is 41.8 Å². The summed E-state index contributed by atoms with van der Waals surface area (Å²) >= 11 is 0. The van der Waals surface area contributed by atoms with Crippen molar-refractivity contribution in [1.82, 2.24) is 20.1 Å². The summed E-state index contributed by atoms with van der Waals surface area (Å²) in [4.78, 5) is 16.6. The smallest absolute Gasteiger partial charge is 0.253 e. The Hall–Kier alpha value is -1.37. The number of halogens is 2. The van der Waals surface area contributed by atoms with Gasteiger partial charge < -0.3 is 11.1 Å². The standard InChI is InChI=1S/C15H23N5O.2ClH/c1-4-5-6-12(8-16)18-15(21)11-7-13-10(2)19-20(3)14(13)17-9-11;;/h7,9,12H,4-6,8,16H2,1-3H3,(H,18,21);2*1H. The fraction of sp³-hybridized carbons (Fsp3) is 0.533. The highest BCUT2D eigenvalue weighted by molar-refractivity contribution is 5.97. The van der Waals surface area contributed by atoms with E-state index in [1.165, 1.54) is 0 Å². The highest BCUT2D eigenvalue weighted by Crippen LogP contribution is 2.16. The van der Waals surface area contributed by atoms with E-state index in [-0.39, 0.29) is 36.8 Å². The summed E-state index contributed by atoms with van der Waals surface area (Å²) in [6, 6.07) is 1.86. The first-order valence-electron chi connectivity index (χ1n) is 7.37. The molecule has 2 heterocycles. The molecule has 2 aromatic rings. The van der Waals surface area contributed by atoms with Crippen molar-refractivity contribution in [3.63, 3.8) is 0 Å². The zero-order valence-electron chi connectivity index (χ0n) is 13.7. The molecule has 130 valence electrons. The summed E-state index contributed by atoms with van der Waals surface area (Å²) in [5.74, 6) is -0.126. The van der Waals surface area contributed by atoms with Crippen molar-refractivity contribution in [3.05, 3.63) is 23.5 Å². The summed E-state index contributed by atoms with van der Waals surface area (Å²) in [7, 11) is 1.84. The van der Waals surface area contributed by atoms with Crippen LogP contribution in [-0.4, -0.2) is 33.3 Å². The molecule has 0 aliphatic carbocycles. The van der Waals surface area contributed by atoms with Gasteiger partial charge in [0.2, 0.25) is 0 Å². The average Bonchev–Trinajstić information content (AvgIpc) is 2.77. The second-order valence-corrected chi connectivity index (χ2v) is 5.35. The lowest BCUT2D eigenvalue weighted by molar-refractivity contribution is 0.0935. The summed E-state index contributed by atoms with van der Waals surface area (Å²) in [6.45, 7) is 4.49. The number of nitrogens with one attached hydrogen (secondary N) is 1. The molecule has 0 spiro atoms. The van der Waals surface area contributed by atoms with Gasteiger partial charge in [0, 0.05) is 31.2 Å². The molecule has 0 aromatic carbocycles. The van der Waals surface area contributed by atoms with Crippen LogP contribution in [0.5, 0.6) is 0 Å². The third kappa shape index (κ3) is 5.06. The quantitative estimate of drug-likeness (QED) is 0.826. The molecule has 2 aromatic heterocycles. The van der Waals surface area contributed by atoms with E-state index >= 15 is 0 Å². The molecule has 23 heavy (non-hydrogen) atoms. The molecular formula is C15H25Cl2N5O. The van der Waals surface area contributed by atoms with E-state index in [2.05, 4.69) is 22.3 Å². The van der Waals surface area contributed by atoms with E-state index in [9.17, 15) is 4.79 Å². The maximum absolute atomic E-state index is 12.3. The number of fused-ring (bicyclic) bond motifs is 1. The van der Waals surface area contributed by atoms with E-state index in [1.807, 2.05) is 20.0 Å². The molecule has 0 aliphatic rings. The number of carbonyl (C=O) groups is 1. The number of amides is 1. The van der Waals surface area contributed by atoms with Gasteiger partial charge in [-0.1, -0.05) is 19.8 Å². The van der Waals surface area contributed by atoms with Crippen LogP contribution in [0.25, 0.3) is 11.0 Å². The molecule has 0 radical (unpaired) electrons. The first-order valence-corrected chi connectivity index (χ1v) is 7.37. The number of unbranched alkanes of at least 4 members (excludes halogenated alkanes) is 1. The van der Waals surface area contributed by atoms with Gasteiger partial charge >= 0.3 is 0 Å². The minimum atomic E-state index is -0.126. The van der Waals surface area contributed by atoms with Gasteiger partial charge in [0.15, 0.2) is 5.65 Å². The van der Waals surface area contributed by atoms with Gasteiger partial charge in [-0.05, 0) is 19.4 Å². The highest BCUT2D eigenvalue weighted by Gasteiger charge is 2.15. The average molecular weight is 362 g/mol. The number of hydrogen-bond donors (Lipinski definition) is 2. The molecule has 8 heteroatoms. The Morgan fingerprint density at radius 1 is 1.43 bits per heavy atom. The van der Waals surface area contributed by atoms with Crippen molar-refractivity contribution in [2.75, 3.05) is 6.54 Å². The zero-order valence-corrected chi connectivity index (χ0v) is 15.3. The summed E-state index contributed by atoms with van der Waals surface area (Å²) < 4.78 is 1.72. The van der Waals surface area contributed by atoms with E-state index in [0.29, 0.717) is 12.1 Å². The second kappa shape index (κ2) is 9.70. The lowest BCUT2D eigenvalue weighted by Gasteiger charge is -2.16. The largest absolute Gasteiger partial charge is 0.348 e. The Balaban J connectivity index is 0.00000242. The van der Waals surface area contributed by atoms with Gasteiger partial charge in [0.25, 0.3) is 5.91 Å². The molecular weight excluding hydrogens is 337 g/mol. The van der Waals surface area contributed by atoms with Crippen molar-refractivity contribution in [1.29, 1.82) is 0 Å². The van der Waals surface area contributed by atoms with Crippen molar-refractivity contribution in [2.45, 2.75) is 39.2 Å². The minimum Gasteiger partial charge on any atom is -0.348 e. The maximum atomic E-state index is 12.3. The van der Waals surface area contributed by atoms with Crippen LogP contribution in [0.2, 0.25) is 0 Å². The van der Waals surface area contributed by atoms with E-state index in [4.69, 9.17) is 5.73 Å². The Morgan fingerprint density at radius 3 is 2.74 bits per heavy atom. The summed E-state index contributed by atoms with van der Waals surface area (Å²) in [5, 5.41) is 8.19. The number of hydrogen-bond acceptors (Lipinski definition) is 4. The number of pyridine rings is 1. The molecule has 0 fully saturated rings. The predicted octanol–water partition coefficient (Wildman–Crippen LogP) is 2.37. The van der Waals surface area contributed by atoms with Crippen molar-refractivity contribution in [2.24, 2.45) is 12.8 Å². The Bertz CT molecular complexity index is 644. The molecule has 0 bridgehead atoms. The Morgan fingerprint density at radius 2 is 2.13 bits per heavy atom.